The largest absolute Gasteiger partial charge is 0.494 e. The van der Waals surface area contributed by atoms with E-state index >= 15 is 0 Å². The number of aryl methyl sites for hydroxylation is 3. The van der Waals surface area contributed by atoms with E-state index in [0.717, 1.165) is 52.4 Å². The minimum absolute atomic E-state index is 0.0685. The monoisotopic (exact) mass is 439 g/mol. The number of hydrogen-bond acceptors (Lipinski definition) is 3. The van der Waals surface area contributed by atoms with Crippen molar-refractivity contribution >= 4 is 22.6 Å². The lowest BCUT2D eigenvalue weighted by atomic mass is 10.1. The number of aromatic nitrogens is 2. The summed E-state index contributed by atoms with van der Waals surface area (Å²) in [6.07, 6.45) is 1.35. The fourth-order valence-corrected chi connectivity index (χ4v) is 4.90. The number of carbonyl (C=O) groups excluding carboxylic acids is 1. The van der Waals surface area contributed by atoms with E-state index < -0.39 is 0 Å². The van der Waals surface area contributed by atoms with Gasteiger partial charge in [-0.15, -0.1) is 0 Å². The maximum absolute atomic E-state index is 13.1. The molecule has 1 atom stereocenters. The third-order valence-electron chi connectivity index (χ3n) is 6.42. The second kappa shape index (κ2) is 9.10. The van der Waals surface area contributed by atoms with Gasteiger partial charge < -0.3 is 14.2 Å². The average Bonchev–Trinajstić information content (AvgIpc) is 3.38. The van der Waals surface area contributed by atoms with Gasteiger partial charge in [0.15, 0.2) is 0 Å². The van der Waals surface area contributed by atoms with Crippen LogP contribution in [0, 0.1) is 13.8 Å². The molecule has 0 spiro atoms. The standard InChI is InChI=1S/C28H29N3O2/c1-20-10-8-11-21(2)27(20)31-19-22(18-26(31)32)28-29-24-14-6-7-15-25(24)30(28)16-9-17-33-23-12-4-3-5-13-23/h3-8,10-15,22H,9,16-19H2,1-2H3. The van der Waals surface area contributed by atoms with Gasteiger partial charge in [-0.1, -0.05) is 48.5 Å². The summed E-state index contributed by atoms with van der Waals surface area (Å²) in [5.74, 6) is 2.12. The molecule has 1 aromatic heterocycles. The van der Waals surface area contributed by atoms with Crippen LogP contribution in [0.2, 0.25) is 0 Å². The molecule has 2 heterocycles. The van der Waals surface area contributed by atoms with Gasteiger partial charge in [-0.2, -0.15) is 0 Å². The number of nitrogens with zero attached hydrogens (tertiary/aromatic N) is 3. The minimum atomic E-state index is 0.0685. The van der Waals surface area contributed by atoms with Crippen molar-refractivity contribution in [3.63, 3.8) is 0 Å². The number of para-hydroxylation sites is 4. The van der Waals surface area contributed by atoms with Crippen LogP contribution in [0.3, 0.4) is 0 Å². The molecular weight excluding hydrogens is 410 g/mol. The Morgan fingerprint density at radius 2 is 1.67 bits per heavy atom. The van der Waals surface area contributed by atoms with E-state index in [1.54, 1.807) is 0 Å². The number of fused-ring (bicyclic) bond motifs is 1. The molecule has 5 heteroatoms. The molecule has 5 rings (SSSR count). The lowest BCUT2D eigenvalue weighted by Gasteiger charge is -2.21. The Kier molecular flexibility index (Phi) is 5.86. The highest BCUT2D eigenvalue weighted by Gasteiger charge is 2.35. The van der Waals surface area contributed by atoms with E-state index in [2.05, 4.69) is 42.7 Å². The van der Waals surface area contributed by atoms with Gasteiger partial charge >= 0.3 is 0 Å². The summed E-state index contributed by atoms with van der Waals surface area (Å²) in [5, 5.41) is 0. The normalized spacial score (nSPS) is 16.0. The molecule has 1 unspecified atom stereocenters. The first-order valence-electron chi connectivity index (χ1n) is 11.6. The van der Waals surface area contributed by atoms with Crippen LogP contribution in [0.4, 0.5) is 5.69 Å². The lowest BCUT2D eigenvalue weighted by molar-refractivity contribution is -0.117. The molecule has 0 N–H and O–H groups in total. The number of anilines is 1. The number of imidazole rings is 1. The zero-order valence-corrected chi connectivity index (χ0v) is 19.2. The van der Waals surface area contributed by atoms with E-state index in [1.807, 2.05) is 53.4 Å². The first-order chi connectivity index (χ1) is 16.1. The number of rotatable bonds is 7. The number of amides is 1. The number of ether oxygens (including phenoxy) is 1. The molecule has 3 aromatic carbocycles. The molecule has 1 saturated heterocycles. The molecule has 5 nitrogen and oxygen atoms in total. The summed E-state index contributed by atoms with van der Waals surface area (Å²) in [6, 6.07) is 24.3. The zero-order chi connectivity index (χ0) is 22.8. The molecule has 0 bridgehead atoms. The highest BCUT2D eigenvalue weighted by molar-refractivity contribution is 5.98. The van der Waals surface area contributed by atoms with Crippen LogP contribution in [0.1, 0.15) is 35.7 Å². The molecule has 0 radical (unpaired) electrons. The lowest BCUT2D eigenvalue weighted by Crippen LogP contribution is -2.26. The van der Waals surface area contributed by atoms with Gasteiger partial charge in [-0.05, 0) is 55.7 Å². The highest BCUT2D eigenvalue weighted by atomic mass is 16.5. The predicted octanol–water partition coefficient (Wildman–Crippen LogP) is 5.64. The highest BCUT2D eigenvalue weighted by Crippen LogP contribution is 2.36. The van der Waals surface area contributed by atoms with Gasteiger partial charge in [-0.25, -0.2) is 4.98 Å². The van der Waals surface area contributed by atoms with Crippen molar-refractivity contribution in [2.24, 2.45) is 0 Å². The van der Waals surface area contributed by atoms with Crippen LogP contribution < -0.4 is 9.64 Å². The summed E-state index contributed by atoms with van der Waals surface area (Å²) in [5.41, 5.74) is 5.41. The van der Waals surface area contributed by atoms with Gasteiger partial charge in [0, 0.05) is 31.1 Å². The Hall–Kier alpha value is -3.60. The van der Waals surface area contributed by atoms with Crippen LogP contribution in [0.15, 0.2) is 72.8 Å². The number of carbonyl (C=O) groups is 1. The number of benzene rings is 3. The van der Waals surface area contributed by atoms with Gasteiger partial charge in [-0.3, -0.25) is 4.79 Å². The van der Waals surface area contributed by atoms with Crippen molar-refractivity contribution in [1.29, 1.82) is 0 Å². The molecular formula is C28H29N3O2. The molecule has 1 aliphatic heterocycles. The Morgan fingerprint density at radius 1 is 0.939 bits per heavy atom. The molecule has 1 fully saturated rings. The number of hydrogen-bond donors (Lipinski definition) is 0. The van der Waals surface area contributed by atoms with Crippen molar-refractivity contribution < 1.29 is 9.53 Å². The van der Waals surface area contributed by atoms with Gasteiger partial charge in [0.25, 0.3) is 0 Å². The average molecular weight is 440 g/mol. The molecule has 4 aromatic rings. The van der Waals surface area contributed by atoms with Gasteiger partial charge in [0.2, 0.25) is 5.91 Å². The zero-order valence-electron chi connectivity index (χ0n) is 19.2. The Balaban J connectivity index is 1.38. The summed E-state index contributed by atoms with van der Waals surface area (Å²) in [4.78, 5) is 20.0. The first-order valence-corrected chi connectivity index (χ1v) is 11.6. The summed E-state index contributed by atoms with van der Waals surface area (Å²) >= 11 is 0. The van der Waals surface area contributed by atoms with Crippen molar-refractivity contribution in [3.05, 3.63) is 89.7 Å². The Labute approximate surface area is 194 Å². The quantitative estimate of drug-likeness (QED) is 0.350. The third kappa shape index (κ3) is 4.23. The smallest absolute Gasteiger partial charge is 0.227 e. The van der Waals surface area contributed by atoms with E-state index in [-0.39, 0.29) is 11.8 Å². The fraction of sp³-hybridized carbons (Fsp3) is 0.286. The van der Waals surface area contributed by atoms with Crippen LogP contribution in [-0.2, 0) is 11.3 Å². The fourth-order valence-electron chi connectivity index (χ4n) is 4.90. The van der Waals surface area contributed by atoms with Crippen molar-refractivity contribution in [2.75, 3.05) is 18.1 Å². The third-order valence-corrected chi connectivity index (χ3v) is 6.42. The van der Waals surface area contributed by atoms with E-state index in [1.165, 1.54) is 0 Å². The van der Waals surface area contributed by atoms with Crippen molar-refractivity contribution in [1.82, 2.24) is 9.55 Å². The second-order valence-corrected chi connectivity index (χ2v) is 8.77. The molecule has 1 amide bonds. The first kappa shape index (κ1) is 21.3. The summed E-state index contributed by atoms with van der Waals surface area (Å²) < 4.78 is 8.19. The molecule has 168 valence electrons. The summed E-state index contributed by atoms with van der Waals surface area (Å²) in [6.45, 7) is 6.25. The molecule has 0 aliphatic carbocycles. The van der Waals surface area contributed by atoms with Crippen molar-refractivity contribution in [3.8, 4) is 5.75 Å². The van der Waals surface area contributed by atoms with Crippen molar-refractivity contribution in [2.45, 2.75) is 39.2 Å². The Bertz CT molecular complexity index is 1260. The van der Waals surface area contributed by atoms with Crippen LogP contribution >= 0.6 is 0 Å². The van der Waals surface area contributed by atoms with Crippen LogP contribution in [0.5, 0.6) is 5.75 Å². The maximum atomic E-state index is 13.1. The minimum Gasteiger partial charge on any atom is -0.494 e. The topological polar surface area (TPSA) is 47.4 Å². The van der Waals surface area contributed by atoms with E-state index in [4.69, 9.17) is 9.72 Å². The summed E-state index contributed by atoms with van der Waals surface area (Å²) in [7, 11) is 0. The van der Waals surface area contributed by atoms with E-state index in [9.17, 15) is 4.79 Å². The van der Waals surface area contributed by atoms with Gasteiger partial charge in [0.1, 0.15) is 11.6 Å². The van der Waals surface area contributed by atoms with Gasteiger partial charge in [0.05, 0.1) is 17.6 Å². The predicted molar refractivity (Wildman–Crippen MR) is 132 cm³/mol. The maximum Gasteiger partial charge on any atom is 0.227 e. The molecule has 0 saturated carbocycles. The SMILES string of the molecule is Cc1cccc(C)c1N1CC(c2nc3ccccc3n2CCCOc2ccccc2)CC1=O. The van der Waals surface area contributed by atoms with E-state index in [0.29, 0.717) is 19.6 Å². The molecule has 33 heavy (non-hydrogen) atoms. The van der Waals surface area contributed by atoms with Crippen LogP contribution in [0.25, 0.3) is 11.0 Å². The Morgan fingerprint density at radius 3 is 2.45 bits per heavy atom. The molecule has 1 aliphatic rings. The van der Waals surface area contributed by atoms with Crippen LogP contribution in [-0.4, -0.2) is 28.6 Å². The second-order valence-electron chi connectivity index (χ2n) is 8.77.